The smallest absolute Gasteiger partial charge is 0.137 e. The Hall–Kier alpha value is -1.93. The monoisotopic (exact) mass is 323 g/mol. The molecule has 0 aromatic heterocycles. The van der Waals surface area contributed by atoms with Gasteiger partial charge >= 0.3 is 0 Å². The van der Waals surface area contributed by atoms with Crippen LogP contribution in [0.3, 0.4) is 0 Å². The molecule has 2 rings (SSSR count). The van der Waals surface area contributed by atoms with Gasteiger partial charge in [-0.15, -0.1) is 0 Å². The maximum absolute atomic E-state index is 13.0. The highest BCUT2D eigenvalue weighted by molar-refractivity contribution is 9.10. The van der Waals surface area contributed by atoms with Gasteiger partial charge in [0.1, 0.15) is 30.1 Å². The van der Waals surface area contributed by atoms with Crippen LogP contribution in [0.1, 0.15) is 11.1 Å². The number of ether oxygens (including phenoxy) is 1. The van der Waals surface area contributed by atoms with Crippen LogP contribution in [0.15, 0.2) is 40.9 Å². The second-order valence-corrected chi connectivity index (χ2v) is 4.73. The lowest BCUT2D eigenvalue weighted by molar-refractivity contribution is 0.304. The molecule has 96 valence electrons. The lowest BCUT2D eigenvalue weighted by Gasteiger charge is -2.08. The van der Waals surface area contributed by atoms with E-state index in [1.54, 1.807) is 18.2 Å². The molecule has 19 heavy (non-hydrogen) atoms. The first-order chi connectivity index (χ1) is 9.08. The third-order valence-electron chi connectivity index (χ3n) is 2.38. The van der Waals surface area contributed by atoms with Crippen molar-refractivity contribution in [2.45, 2.75) is 6.61 Å². The zero-order chi connectivity index (χ0) is 13.8. The minimum atomic E-state index is -0.657. The first-order valence-corrected chi connectivity index (χ1v) is 6.15. The molecule has 0 heterocycles. The quantitative estimate of drug-likeness (QED) is 0.849. The van der Waals surface area contributed by atoms with Crippen LogP contribution >= 0.6 is 15.9 Å². The Morgan fingerprint density at radius 1 is 1.11 bits per heavy atom. The summed E-state index contributed by atoms with van der Waals surface area (Å²) in [6, 6.07) is 10.1. The fraction of sp³-hybridized carbons (Fsp3) is 0.0714. The summed E-state index contributed by atoms with van der Waals surface area (Å²) in [5.41, 5.74) is 0.718. The van der Waals surface area contributed by atoms with Gasteiger partial charge in [-0.05, 0) is 35.9 Å². The Labute approximate surface area is 117 Å². The maximum atomic E-state index is 13.0. The van der Waals surface area contributed by atoms with Gasteiger partial charge in [0, 0.05) is 10.5 Å². The molecule has 0 bridgehead atoms. The lowest BCUT2D eigenvalue weighted by atomic mass is 10.2. The summed E-state index contributed by atoms with van der Waals surface area (Å²) in [7, 11) is 0. The molecule has 0 aliphatic heterocycles. The molecule has 0 spiro atoms. The Balaban J connectivity index is 2.17. The minimum absolute atomic E-state index is 0.00894. The molecule has 0 saturated heterocycles. The van der Waals surface area contributed by atoms with Crippen LogP contribution in [0.2, 0.25) is 0 Å². The van der Waals surface area contributed by atoms with E-state index in [4.69, 9.17) is 10.00 Å². The maximum Gasteiger partial charge on any atom is 0.137 e. The summed E-state index contributed by atoms with van der Waals surface area (Å²) < 4.78 is 32.2. The van der Waals surface area contributed by atoms with Gasteiger partial charge in [0.2, 0.25) is 0 Å². The number of nitrogens with zero attached hydrogens (tertiary/aromatic N) is 1. The van der Waals surface area contributed by atoms with Gasteiger partial charge in [-0.25, -0.2) is 8.78 Å². The number of hydrogen-bond donors (Lipinski definition) is 0. The largest absolute Gasteiger partial charge is 0.488 e. The molecule has 0 saturated carbocycles. The third kappa shape index (κ3) is 3.52. The Kier molecular flexibility index (Phi) is 4.13. The molecule has 2 aromatic rings. The molecule has 0 aliphatic rings. The Morgan fingerprint density at radius 3 is 2.42 bits per heavy atom. The van der Waals surface area contributed by atoms with E-state index in [-0.39, 0.29) is 6.61 Å². The van der Waals surface area contributed by atoms with E-state index in [0.29, 0.717) is 16.9 Å². The van der Waals surface area contributed by atoms with Crippen molar-refractivity contribution < 1.29 is 13.5 Å². The van der Waals surface area contributed by atoms with Gasteiger partial charge in [-0.1, -0.05) is 15.9 Å². The van der Waals surface area contributed by atoms with Gasteiger partial charge in [-0.3, -0.25) is 0 Å². The zero-order valence-electron chi connectivity index (χ0n) is 9.66. The summed E-state index contributed by atoms with van der Waals surface area (Å²) >= 11 is 3.25. The fourth-order valence-corrected chi connectivity index (χ4v) is 1.93. The van der Waals surface area contributed by atoms with Gasteiger partial charge in [-0.2, -0.15) is 5.26 Å². The van der Waals surface area contributed by atoms with Crippen LogP contribution in [0, 0.1) is 23.0 Å². The van der Waals surface area contributed by atoms with Crippen molar-refractivity contribution in [3.8, 4) is 11.8 Å². The highest BCUT2D eigenvalue weighted by atomic mass is 79.9. The van der Waals surface area contributed by atoms with E-state index in [1.807, 2.05) is 6.07 Å². The minimum Gasteiger partial charge on any atom is -0.488 e. The molecular formula is C14H8BrF2NO. The van der Waals surface area contributed by atoms with E-state index in [1.165, 1.54) is 12.1 Å². The van der Waals surface area contributed by atoms with Crippen LogP contribution in [0.5, 0.6) is 5.75 Å². The van der Waals surface area contributed by atoms with Crippen molar-refractivity contribution >= 4 is 15.9 Å². The second-order valence-electron chi connectivity index (χ2n) is 3.82. The number of hydrogen-bond acceptors (Lipinski definition) is 2. The van der Waals surface area contributed by atoms with Crippen LogP contribution in [0.4, 0.5) is 8.78 Å². The van der Waals surface area contributed by atoms with E-state index >= 15 is 0 Å². The Morgan fingerprint density at radius 2 is 1.79 bits per heavy atom. The molecule has 0 aliphatic carbocycles. The normalized spacial score (nSPS) is 10.0. The predicted molar refractivity (Wildman–Crippen MR) is 69.5 cm³/mol. The van der Waals surface area contributed by atoms with Crippen molar-refractivity contribution in [1.82, 2.24) is 0 Å². The summed E-state index contributed by atoms with van der Waals surface area (Å²) in [5, 5.41) is 8.96. The first kappa shape index (κ1) is 13.5. The molecule has 0 unspecified atom stereocenters. The standard InChI is InChI=1S/C14H8BrF2NO/c15-11-1-2-14(10(5-11)7-18)19-8-9-3-12(16)6-13(17)4-9/h1-6H,8H2. The van der Waals surface area contributed by atoms with Gasteiger partial charge in [0.05, 0.1) is 5.56 Å². The summed E-state index contributed by atoms with van der Waals surface area (Å²) in [4.78, 5) is 0. The van der Waals surface area contributed by atoms with Crippen LogP contribution in [-0.2, 0) is 6.61 Å². The van der Waals surface area contributed by atoms with Crippen molar-refractivity contribution in [2.24, 2.45) is 0 Å². The van der Waals surface area contributed by atoms with E-state index in [2.05, 4.69) is 15.9 Å². The summed E-state index contributed by atoms with van der Waals surface area (Å²) in [6.45, 7) is -0.00894. The second kappa shape index (κ2) is 5.81. The van der Waals surface area contributed by atoms with Gasteiger partial charge < -0.3 is 4.74 Å². The van der Waals surface area contributed by atoms with Crippen molar-refractivity contribution in [1.29, 1.82) is 5.26 Å². The number of nitriles is 1. The van der Waals surface area contributed by atoms with Crippen LogP contribution < -0.4 is 4.74 Å². The average Bonchev–Trinajstić information content (AvgIpc) is 2.36. The topological polar surface area (TPSA) is 33.0 Å². The van der Waals surface area contributed by atoms with Crippen molar-refractivity contribution in [3.05, 3.63) is 63.6 Å². The molecule has 2 aromatic carbocycles. The molecule has 0 amide bonds. The number of benzene rings is 2. The van der Waals surface area contributed by atoms with Gasteiger partial charge in [0.25, 0.3) is 0 Å². The predicted octanol–water partition coefficient (Wildman–Crippen LogP) is 4.18. The lowest BCUT2D eigenvalue weighted by Crippen LogP contribution is -1.98. The molecule has 0 N–H and O–H groups in total. The van der Waals surface area contributed by atoms with Gasteiger partial charge in [0.15, 0.2) is 0 Å². The molecule has 5 heteroatoms. The highest BCUT2D eigenvalue weighted by Gasteiger charge is 2.06. The molecule has 0 atom stereocenters. The van der Waals surface area contributed by atoms with Crippen molar-refractivity contribution in [3.63, 3.8) is 0 Å². The van der Waals surface area contributed by atoms with Crippen LogP contribution in [-0.4, -0.2) is 0 Å². The fourth-order valence-electron chi connectivity index (χ4n) is 1.57. The SMILES string of the molecule is N#Cc1cc(Br)ccc1OCc1cc(F)cc(F)c1. The molecular weight excluding hydrogens is 316 g/mol. The van der Waals surface area contributed by atoms with Crippen LogP contribution in [0.25, 0.3) is 0 Å². The summed E-state index contributed by atoms with van der Waals surface area (Å²) in [6.07, 6.45) is 0. The summed E-state index contributed by atoms with van der Waals surface area (Å²) in [5.74, 6) is -0.944. The highest BCUT2D eigenvalue weighted by Crippen LogP contribution is 2.23. The number of rotatable bonds is 3. The number of halogens is 3. The van der Waals surface area contributed by atoms with E-state index < -0.39 is 11.6 Å². The third-order valence-corrected chi connectivity index (χ3v) is 2.87. The average molecular weight is 324 g/mol. The van der Waals surface area contributed by atoms with E-state index in [9.17, 15) is 8.78 Å². The zero-order valence-corrected chi connectivity index (χ0v) is 11.2. The van der Waals surface area contributed by atoms with E-state index in [0.717, 1.165) is 10.5 Å². The Bertz CT molecular complexity index is 632. The first-order valence-electron chi connectivity index (χ1n) is 5.36. The van der Waals surface area contributed by atoms with Crippen molar-refractivity contribution in [2.75, 3.05) is 0 Å². The molecule has 0 fully saturated rings. The molecule has 2 nitrogen and oxygen atoms in total. The molecule has 0 radical (unpaired) electrons.